The Morgan fingerprint density at radius 1 is 0.500 bits per heavy atom. The highest BCUT2D eigenvalue weighted by Gasteiger charge is 2.24. The summed E-state index contributed by atoms with van der Waals surface area (Å²) < 4.78 is 150. The summed E-state index contributed by atoms with van der Waals surface area (Å²) in [6, 6.07) is 28.9. The molecule has 0 aliphatic rings. The predicted octanol–water partition coefficient (Wildman–Crippen LogP) is 12.1. The number of anilines is 2. The first kappa shape index (κ1) is 55.6. The Hall–Kier alpha value is -8.16. The molecule has 0 saturated heterocycles. The van der Waals surface area contributed by atoms with Crippen molar-refractivity contribution in [3.8, 4) is 23.0 Å². The van der Waals surface area contributed by atoms with Crippen molar-refractivity contribution in [2.75, 3.05) is 31.9 Å². The van der Waals surface area contributed by atoms with E-state index in [-0.39, 0.29) is 58.8 Å². The largest absolute Gasteiger partial charge is 0.505 e. The topological polar surface area (TPSA) is 376 Å². The number of phenols is 1. The van der Waals surface area contributed by atoms with Crippen LogP contribution in [0.25, 0.3) is 10.8 Å². The number of unbranched alkanes of at least 4 members (excludes halogenated alkanes) is 1. The van der Waals surface area contributed by atoms with Gasteiger partial charge in [-0.1, -0.05) is 0 Å². The number of nitrogens with one attached hydrogen (secondary N) is 1. The van der Waals surface area contributed by atoms with Crippen LogP contribution in [0.1, 0.15) is 18.4 Å². The van der Waals surface area contributed by atoms with E-state index in [1.807, 2.05) is 0 Å². The van der Waals surface area contributed by atoms with Crippen molar-refractivity contribution in [3.63, 3.8) is 0 Å². The first-order valence-electron chi connectivity index (χ1n) is 21.8. The third-order valence-electron chi connectivity index (χ3n) is 10.6. The predicted molar refractivity (Wildman–Crippen MR) is 276 cm³/mol. The number of rotatable bonds is 21. The van der Waals surface area contributed by atoms with Crippen molar-refractivity contribution in [2.24, 2.45) is 40.9 Å². The summed E-state index contributed by atoms with van der Waals surface area (Å²) >= 11 is 0. The fourth-order valence-electron chi connectivity index (χ4n) is 6.90. The van der Waals surface area contributed by atoms with Gasteiger partial charge in [-0.15, -0.1) is 20.5 Å². The molecule has 0 bridgehead atoms. The number of nitrogens with zero attached hydrogens (tertiary/aromatic N) is 8. The molecule has 7 aromatic carbocycles. The molecule has 0 amide bonds. The number of ether oxygens (including phenoxy) is 3. The summed E-state index contributed by atoms with van der Waals surface area (Å²) in [5.41, 5.74) is 2.36. The molecule has 396 valence electrons. The number of aromatic hydroxyl groups is 1. The van der Waals surface area contributed by atoms with Gasteiger partial charge in [0.25, 0.3) is 40.5 Å². The lowest BCUT2D eigenvalue weighted by atomic mass is 10.1. The molecule has 0 unspecified atom stereocenters. The Labute approximate surface area is 434 Å². The van der Waals surface area contributed by atoms with Crippen LogP contribution >= 0.6 is 0 Å². The highest BCUT2D eigenvalue weighted by Crippen LogP contribution is 2.44. The number of fused-ring (bicyclic) bond motifs is 1. The molecule has 7 aromatic rings. The number of aryl methyl sites for hydroxylation is 1. The van der Waals surface area contributed by atoms with Crippen molar-refractivity contribution in [1.82, 2.24) is 0 Å². The Morgan fingerprint density at radius 2 is 1.05 bits per heavy atom. The van der Waals surface area contributed by atoms with Gasteiger partial charge < -0.3 is 24.6 Å². The molecule has 0 aromatic heterocycles. The lowest BCUT2D eigenvalue weighted by Gasteiger charge is -2.12. The first-order chi connectivity index (χ1) is 35.9. The molecule has 0 saturated carbocycles. The normalized spacial score (nSPS) is 12.6. The van der Waals surface area contributed by atoms with E-state index in [1.165, 1.54) is 49.6 Å². The Kier molecular flexibility index (Phi) is 16.9. The van der Waals surface area contributed by atoms with Gasteiger partial charge in [0, 0.05) is 28.9 Å². The molecule has 0 atom stereocenters. The van der Waals surface area contributed by atoms with Gasteiger partial charge in [0.1, 0.15) is 49.8 Å². The molecule has 0 radical (unpaired) electrons. The zero-order chi connectivity index (χ0) is 55.0. The van der Waals surface area contributed by atoms with Crippen LogP contribution in [-0.4, -0.2) is 83.6 Å². The average Bonchev–Trinajstić information content (AvgIpc) is 3.36. The van der Waals surface area contributed by atoms with Crippen molar-refractivity contribution in [2.45, 2.75) is 34.5 Å². The number of phenolic OH excluding ortho intramolecular Hbond substituents is 1. The number of hydrogen-bond donors (Lipinski definition) is 6. The van der Waals surface area contributed by atoms with Crippen molar-refractivity contribution in [1.29, 1.82) is 0 Å². The van der Waals surface area contributed by atoms with Crippen LogP contribution < -0.4 is 19.5 Å². The van der Waals surface area contributed by atoms with Crippen LogP contribution in [-0.2, 0) is 40.5 Å². The second-order valence-electron chi connectivity index (χ2n) is 16.0. The van der Waals surface area contributed by atoms with Crippen LogP contribution in [0, 0.1) is 6.92 Å². The van der Waals surface area contributed by atoms with Gasteiger partial charge >= 0.3 is 0 Å². The quantitative estimate of drug-likeness (QED) is 0.0221. The van der Waals surface area contributed by atoms with E-state index in [0.717, 1.165) is 12.1 Å². The fraction of sp³-hybridized carbons (Fsp3) is 0.149. The minimum atomic E-state index is -5.06. The zero-order valence-corrected chi connectivity index (χ0v) is 43.1. The van der Waals surface area contributed by atoms with Crippen molar-refractivity contribution >= 4 is 108 Å². The average molecular weight is 1120 g/mol. The molecule has 7 rings (SSSR count). The van der Waals surface area contributed by atoms with Gasteiger partial charge in [0.2, 0.25) is 0 Å². The summed E-state index contributed by atoms with van der Waals surface area (Å²) in [4.78, 5) is -2.49. The van der Waals surface area contributed by atoms with Gasteiger partial charge in [0.05, 0.1) is 54.2 Å². The molecule has 0 spiro atoms. The molecule has 0 heterocycles. The summed E-state index contributed by atoms with van der Waals surface area (Å²) in [7, 11) is -16.2. The van der Waals surface area contributed by atoms with E-state index < -0.39 is 78.0 Å². The minimum absolute atomic E-state index is 0.0123. The van der Waals surface area contributed by atoms with E-state index in [0.29, 0.717) is 45.8 Å². The standard InChI is InChI=1S/C47H43N9O16S4/c1-28-22-32(9-16-38(28)52-51-34-11-18-40(43(26-34)72-20-4-5-21-73(58,59)60)53-55-41-19-14-36(74(61,62)63)27-44(41)75(64,65)66)49-50-33-10-17-39(42(25-33)71-3)54-56-46-45(76(67,68)69)24-29-23-31(8-15-37(29)47(46)57)48-30-6-12-35(70-2)13-7-30/h6-19,22-27,48,57H,4-5,20-21H2,1-3H3,(H,58,59,60)(H,61,62,63)(H,64,65,66)(H,67,68,69). The highest BCUT2D eigenvalue weighted by molar-refractivity contribution is 7.87. The maximum absolute atomic E-state index is 12.6. The SMILES string of the molecule is COc1ccc(Nc2ccc3c(O)c(N=Nc4ccc(N=Nc5ccc(N=Nc6ccc(N=Nc7ccc(S(=O)(=O)O)cc7S(=O)(=O)O)c(OCCCCS(=O)(=O)O)c6)c(C)c5)cc4OC)c(S(=O)(=O)O)cc3c2)cc1. The molecule has 0 aliphatic heterocycles. The smallest absolute Gasteiger partial charge is 0.296 e. The van der Waals surface area contributed by atoms with Gasteiger partial charge in [-0.25, -0.2) is 0 Å². The maximum atomic E-state index is 12.6. The van der Waals surface area contributed by atoms with Crippen LogP contribution in [0.2, 0.25) is 0 Å². The fourth-order valence-corrected chi connectivity index (χ4v) is 9.36. The van der Waals surface area contributed by atoms with E-state index in [2.05, 4.69) is 46.2 Å². The Balaban J connectivity index is 1.07. The second kappa shape index (κ2) is 23.2. The molecule has 6 N–H and O–H groups in total. The molecule has 0 aliphatic carbocycles. The van der Waals surface area contributed by atoms with Gasteiger partial charge in [-0.3, -0.25) is 18.2 Å². The zero-order valence-electron chi connectivity index (χ0n) is 39.8. The van der Waals surface area contributed by atoms with E-state index in [4.69, 9.17) is 18.8 Å². The molecule has 76 heavy (non-hydrogen) atoms. The molecule has 29 heteroatoms. The van der Waals surface area contributed by atoms with Gasteiger partial charge in [0.15, 0.2) is 5.75 Å². The van der Waals surface area contributed by atoms with E-state index in [1.54, 1.807) is 74.7 Å². The third kappa shape index (κ3) is 14.6. The van der Waals surface area contributed by atoms with E-state index >= 15 is 0 Å². The summed E-state index contributed by atoms with van der Waals surface area (Å²) in [6.45, 7) is 1.66. The molecule has 25 nitrogen and oxygen atoms in total. The second-order valence-corrected chi connectivity index (χ2v) is 21.8. The van der Waals surface area contributed by atoms with E-state index in [9.17, 15) is 52.4 Å². The monoisotopic (exact) mass is 1120 g/mol. The van der Waals surface area contributed by atoms with Crippen molar-refractivity contribution in [3.05, 3.63) is 127 Å². The third-order valence-corrected chi connectivity index (χ3v) is 14.0. The number of hydrogen-bond acceptors (Lipinski definition) is 21. The summed E-state index contributed by atoms with van der Waals surface area (Å²) in [6.07, 6.45) is 0.198. The number of azo groups is 4. The van der Waals surface area contributed by atoms with Crippen LogP contribution in [0.3, 0.4) is 0 Å². The Morgan fingerprint density at radius 3 is 1.66 bits per heavy atom. The molecular weight excluding hydrogens is 1070 g/mol. The number of methoxy groups -OCH3 is 2. The van der Waals surface area contributed by atoms with Crippen molar-refractivity contribution < 1.29 is 71.2 Å². The summed E-state index contributed by atoms with van der Waals surface area (Å²) in [5, 5.41) is 48.1. The number of benzene rings is 7. The minimum Gasteiger partial charge on any atom is -0.505 e. The lowest BCUT2D eigenvalue weighted by molar-refractivity contribution is 0.310. The summed E-state index contributed by atoms with van der Waals surface area (Å²) in [5.74, 6) is -0.251. The molecular formula is C47H43N9O16S4. The van der Waals surface area contributed by atoms with Crippen LogP contribution in [0.5, 0.6) is 23.0 Å². The van der Waals surface area contributed by atoms with Gasteiger partial charge in [-0.05, 0) is 140 Å². The van der Waals surface area contributed by atoms with Crippen LogP contribution in [0.15, 0.2) is 177 Å². The van der Waals surface area contributed by atoms with Crippen LogP contribution in [0.4, 0.5) is 56.9 Å². The highest BCUT2D eigenvalue weighted by atomic mass is 32.2. The lowest BCUT2D eigenvalue weighted by Crippen LogP contribution is -2.06. The van der Waals surface area contributed by atoms with Gasteiger partial charge in [-0.2, -0.15) is 54.1 Å². The Bertz CT molecular complexity index is 3950. The molecule has 0 fully saturated rings. The first-order valence-corrected chi connectivity index (χ1v) is 27.8. The maximum Gasteiger partial charge on any atom is 0.296 e.